The van der Waals surface area contributed by atoms with E-state index in [9.17, 15) is 0 Å². The number of nitrogens with one attached hydrogen (secondary N) is 1. The first-order chi connectivity index (χ1) is 10.1. The first-order valence-electron chi connectivity index (χ1n) is 8.17. The van der Waals surface area contributed by atoms with Gasteiger partial charge in [0.05, 0.1) is 0 Å². The largest absolute Gasteiger partial charge is 0.352 e. The minimum absolute atomic E-state index is 0.515. The Morgan fingerprint density at radius 3 is 2.90 bits per heavy atom. The van der Waals surface area contributed by atoms with Gasteiger partial charge < -0.3 is 10.2 Å². The van der Waals surface area contributed by atoms with E-state index in [0.29, 0.717) is 12.1 Å². The lowest BCUT2D eigenvalue weighted by atomic mass is 10.1. The van der Waals surface area contributed by atoms with Crippen LogP contribution >= 0.6 is 11.8 Å². The minimum Gasteiger partial charge on any atom is -0.352 e. The van der Waals surface area contributed by atoms with Gasteiger partial charge in [-0.05, 0) is 31.0 Å². The van der Waals surface area contributed by atoms with Gasteiger partial charge in [-0.25, -0.2) is 4.98 Å². The van der Waals surface area contributed by atoms with Gasteiger partial charge in [0.25, 0.3) is 0 Å². The van der Waals surface area contributed by atoms with Crippen molar-refractivity contribution >= 4 is 17.6 Å². The first kappa shape index (κ1) is 16.6. The molecule has 21 heavy (non-hydrogen) atoms. The maximum Gasteiger partial charge on any atom is 0.129 e. The molecule has 0 aliphatic carbocycles. The molecule has 0 aromatic carbocycles. The number of anilines is 1. The maximum atomic E-state index is 4.91. The zero-order valence-corrected chi connectivity index (χ0v) is 14.7. The number of hydrogen-bond donors (Lipinski definition) is 1. The fourth-order valence-corrected chi connectivity index (χ4v) is 3.67. The van der Waals surface area contributed by atoms with Gasteiger partial charge in [0.1, 0.15) is 5.82 Å². The van der Waals surface area contributed by atoms with Crippen LogP contribution in [0.4, 0.5) is 5.82 Å². The van der Waals surface area contributed by atoms with Crippen molar-refractivity contribution in [2.75, 3.05) is 23.0 Å². The predicted octanol–water partition coefficient (Wildman–Crippen LogP) is 3.47. The highest BCUT2D eigenvalue weighted by molar-refractivity contribution is 7.99. The summed E-state index contributed by atoms with van der Waals surface area (Å²) in [6.07, 6.45) is 2.22. The lowest BCUT2D eigenvalue weighted by Crippen LogP contribution is -2.41. The lowest BCUT2D eigenvalue weighted by molar-refractivity contribution is 0.587. The van der Waals surface area contributed by atoms with Crippen LogP contribution in [0.3, 0.4) is 0 Å². The second-order valence-electron chi connectivity index (χ2n) is 6.23. The van der Waals surface area contributed by atoms with Crippen molar-refractivity contribution in [3.8, 4) is 0 Å². The molecule has 0 spiro atoms. The van der Waals surface area contributed by atoms with Crippen LogP contribution < -0.4 is 10.2 Å². The molecule has 1 saturated heterocycles. The number of thioether (sulfide) groups is 1. The molecule has 0 bridgehead atoms. The average molecular weight is 308 g/mol. The van der Waals surface area contributed by atoms with Crippen molar-refractivity contribution in [1.29, 1.82) is 0 Å². The molecule has 1 atom stereocenters. The van der Waals surface area contributed by atoms with Crippen molar-refractivity contribution < 1.29 is 0 Å². The number of pyridine rings is 1. The van der Waals surface area contributed by atoms with E-state index in [1.54, 1.807) is 0 Å². The number of nitrogens with zero attached hydrogens (tertiary/aromatic N) is 2. The van der Waals surface area contributed by atoms with Crippen LogP contribution in [0.1, 0.15) is 45.4 Å². The third-order valence-corrected chi connectivity index (χ3v) is 5.00. The summed E-state index contributed by atoms with van der Waals surface area (Å²) in [7, 11) is 0. The fraction of sp³-hybridized carbons (Fsp3) is 0.706. The summed E-state index contributed by atoms with van der Waals surface area (Å²) < 4.78 is 0. The molecule has 3 nitrogen and oxygen atoms in total. The van der Waals surface area contributed by atoms with E-state index in [1.807, 2.05) is 0 Å². The summed E-state index contributed by atoms with van der Waals surface area (Å²) in [5, 5.41) is 3.52. The van der Waals surface area contributed by atoms with Gasteiger partial charge in [-0.1, -0.05) is 27.2 Å². The highest BCUT2D eigenvalue weighted by Crippen LogP contribution is 2.24. The van der Waals surface area contributed by atoms with Gasteiger partial charge >= 0.3 is 0 Å². The van der Waals surface area contributed by atoms with Crippen LogP contribution in [0.2, 0.25) is 0 Å². The molecule has 1 N–H and O–H groups in total. The van der Waals surface area contributed by atoms with Gasteiger partial charge in [0.15, 0.2) is 0 Å². The van der Waals surface area contributed by atoms with Crippen molar-refractivity contribution in [1.82, 2.24) is 10.3 Å². The summed E-state index contributed by atoms with van der Waals surface area (Å²) in [6.45, 7) is 11.0. The molecule has 4 heteroatoms. The Morgan fingerprint density at radius 1 is 1.43 bits per heavy atom. The molecule has 1 unspecified atom stereocenters. The van der Waals surface area contributed by atoms with E-state index in [1.165, 1.54) is 28.6 Å². The monoisotopic (exact) mass is 307 g/mol. The highest BCUT2D eigenvalue weighted by atomic mass is 32.2. The van der Waals surface area contributed by atoms with Crippen molar-refractivity contribution in [2.24, 2.45) is 0 Å². The third kappa shape index (κ3) is 4.89. The number of hydrogen-bond acceptors (Lipinski definition) is 4. The number of rotatable bonds is 6. The molecule has 1 aromatic heterocycles. The quantitative estimate of drug-likeness (QED) is 0.871. The Morgan fingerprint density at radius 2 is 2.24 bits per heavy atom. The summed E-state index contributed by atoms with van der Waals surface area (Å²) in [6, 6.07) is 5.65. The average Bonchev–Trinajstić information content (AvgIpc) is 2.46. The van der Waals surface area contributed by atoms with E-state index < -0.39 is 0 Å². The fourth-order valence-electron chi connectivity index (χ4n) is 2.66. The Bertz CT molecular complexity index is 448. The molecule has 2 heterocycles. The Labute approximate surface area is 133 Å². The Balaban J connectivity index is 2.21. The van der Waals surface area contributed by atoms with Gasteiger partial charge in [-0.2, -0.15) is 11.8 Å². The van der Waals surface area contributed by atoms with Crippen LogP contribution in [-0.2, 0) is 13.0 Å². The summed E-state index contributed by atoms with van der Waals surface area (Å²) in [5.41, 5.74) is 2.60. The Hall–Kier alpha value is -0.740. The van der Waals surface area contributed by atoms with Gasteiger partial charge in [-0.15, -0.1) is 0 Å². The molecule has 118 valence electrons. The van der Waals surface area contributed by atoms with Crippen LogP contribution in [0.15, 0.2) is 12.1 Å². The molecule has 1 aromatic rings. The van der Waals surface area contributed by atoms with E-state index in [2.05, 4.69) is 61.8 Å². The SMILES string of the molecule is CCCc1cc(CNC(C)C)cc(N2CCSCC2C)n1. The Kier molecular flexibility index (Phi) is 6.37. The van der Waals surface area contributed by atoms with E-state index in [-0.39, 0.29) is 0 Å². The summed E-state index contributed by atoms with van der Waals surface area (Å²) in [4.78, 5) is 7.39. The zero-order valence-electron chi connectivity index (χ0n) is 13.9. The topological polar surface area (TPSA) is 28.2 Å². The zero-order chi connectivity index (χ0) is 15.2. The van der Waals surface area contributed by atoms with Gasteiger partial charge in [-0.3, -0.25) is 0 Å². The van der Waals surface area contributed by atoms with E-state index >= 15 is 0 Å². The molecule has 2 rings (SSSR count). The predicted molar refractivity (Wildman–Crippen MR) is 94.3 cm³/mol. The maximum absolute atomic E-state index is 4.91. The minimum atomic E-state index is 0.515. The number of aryl methyl sites for hydroxylation is 1. The smallest absolute Gasteiger partial charge is 0.129 e. The van der Waals surface area contributed by atoms with E-state index in [4.69, 9.17) is 4.98 Å². The summed E-state index contributed by atoms with van der Waals surface area (Å²) in [5.74, 6) is 3.59. The van der Waals surface area contributed by atoms with Crippen molar-refractivity contribution in [3.05, 3.63) is 23.4 Å². The second kappa shape index (κ2) is 8.04. The lowest BCUT2D eigenvalue weighted by Gasteiger charge is -2.34. The summed E-state index contributed by atoms with van der Waals surface area (Å²) >= 11 is 2.05. The second-order valence-corrected chi connectivity index (χ2v) is 7.38. The van der Waals surface area contributed by atoms with E-state index in [0.717, 1.165) is 25.9 Å². The molecular weight excluding hydrogens is 278 g/mol. The van der Waals surface area contributed by atoms with Crippen LogP contribution in [0, 0.1) is 0 Å². The number of aromatic nitrogens is 1. The first-order valence-corrected chi connectivity index (χ1v) is 9.33. The van der Waals surface area contributed by atoms with Gasteiger partial charge in [0.2, 0.25) is 0 Å². The normalized spacial score (nSPS) is 19.3. The third-order valence-electron chi connectivity index (χ3n) is 3.81. The molecule has 0 saturated carbocycles. The van der Waals surface area contributed by atoms with Crippen LogP contribution in [0.25, 0.3) is 0 Å². The van der Waals surface area contributed by atoms with Crippen LogP contribution in [0.5, 0.6) is 0 Å². The molecule has 1 aliphatic heterocycles. The standard InChI is InChI=1S/C17H29N3S/c1-5-6-16-9-15(11-18-13(2)3)10-17(19-16)20-7-8-21-12-14(20)4/h9-10,13-14,18H,5-8,11-12H2,1-4H3. The molecule has 1 fully saturated rings. The molecule has 1 aliphatic rings. The van der Waals surface area contributed by atoms with Crippen molar-refractivity contribution in [3.63, 3.8) is 0 Å². The van der Waals surface area contributed by atoms with Crippen LogP contribution in [-0.4, -0.2) is 35.1 Å². The highest BCUT2D eigenvalue weighted by Gasteiger charge is 2.20. The molecule has 0 radical (unpaired) electrons. The van der Waals surface area contributed by atoms with Crippen molar-refractivity contribution in [2.45, 2.75) is 59.2 Å². The van der Waals surface area contributed by atoms with Gasteiger partial charge in [0, 0.05) is 42.4 Å². The molecular formula is C17H29N3S. The molecule has 0 amide bonds.